The summed E-state index contributed by atoms with van der Waals surface area (Å²) in [6.07, 6.45) is 5.71. The second-order valence-corrected chi connectivity index (χ2v) is 3.26. The minimum Gasteiger partial charge on any atom is -0.260 e. The molecule has 0 aromatic rings. The van der Waals surface area contributed by atoms with E-state index in [0.29, 0.717) is 10.6 Å². The molecule has 0 radical (unpaired) electrons. The molecule has 0 aromatic heterocycles. The van der Waals surface area contributed by atoms with Crippen molar-refractivity contribution in [2.45, 2.75) is 13.1 Å². The fraction of sp³-hybridized carbons (Fsp3) is 0.750. The Morgan fingerprint density at radius 1 is 1.40 bits per heavy atom. The van der Waals surface area contributed by atoms with Crippen LogP contribution in [0.5, 0.6) is 0 Å². The highest BCUT2D eigenvalue weighted by Crippen LogP contribution is 2.05. The summed E-state index contributed by atoms with van der Waals surface area (Å²) < 4.78 is 0.590. The summed E-state index contributed by atoms with van der Waals surface area (Å²) >= 11 is 0. The lowest BCUT2D eigenvalue weighted by atomic mass is 10.4. The number of hydrogen-bond acceptors (Lipinski definition) is 1. The molecule has 0 spiro atoms. The van der Waals surface area contributed by atoms with E-state index in [1.54, 1.807) is 0 Å². The van der Waals surface area contributed by atoms with Gasteiger partial charge in [-0.2, -0.15) is 0 Å². The number of terminal acetylenes is 1. The van der Waals surface area contributed by atoms with Crippen LogP contribution in [0.15, 0.2) is 0 Å². The van der Waals surface area contributed by atoms with Crippen LogP contribution >= 0.6 is 0 Å². The Kier molecular flexibility index (Phi) is 2.89. The van der Waals surface area contributed by atoms with Crippen molar-refractivity contribution in [3.63, 3.8) is 0 Å². The molecule has 0 N–H and O–H groups in total. The molecule has 10 heavy (non-hydrogen) atoms. The highest BCUT2D eigenvalue weighted by Gasteiger charge is 2.23. The molecule has 0 heterocycles. The van der Waals surface area contributed by atoms with Crippen molar-refractivity contribution in [2.24, 2.45) is 0 Å². The van der Waals surface area contributed by atoms with E-state index in [2.05, 4.69) is 17.9 Å². The van der Waals surface area contributed by atoms with Crippen molar-refractivity contribution >= 4 is 0 Å². The molecule has 0 fully saturated rings. The molecular formula is C8H17N2+. The monoisotopic (exact) mass is 141 g/mol. The SMILES string of the molecule is C#C[N+](C)(C)C(C)N(C)C. The predicted octanol–water partition coefficient (Wildman–Crippen LogP) is 0.561. The van der Waals surface area contributed by atoms with E-state index in [-0.39, 0.29) is 0 Å². The first kappa shape index (κ1) is 9.48. The van der Waals surface area contributed by atoms with Gasteiger partial charge in [-0.25, -0.2) is 4.48 Å². The molecule has 1 atom stereocenters. The summed E-state index contributed by atoms with van der Waals surface area (Å²) in [5.41, 5.74) is 0. The van der Waals surface area contributed by atoms with Crippen LogP contribution in [-0.4, -0.2) is 43.7 Å². The Morgan fingerprint density at radius 3 is 1.90 bits per heavy atom. The van der Waals surface area contributed by atoms with E-state index in [4.69, 9.17) is 6.42 Å². The van der Waals surface area contributed by atoms with E-state index in [1.807, 2.05) is 28.2 Å². The average Bonchev–Trinajstić information content (AvgIpc) is 1.86. The molecule has 0 saturated heterocycles. The largest absolute Gasteiger partial charge is 0.260 e. The van der Waals surface area contributed by atoms with Gasteiger partial charge in [0.1, 0.15) is 6.04 Å². The van der Waals surface area contributed by atoms with Gasteiger partial charge in [-0.1, -0.05) is 6.42 Å². The second-order valence-electron chi connectivity index (χ2n) is 3.26. The molecule has 0 bridgehead atoms. The summed E-state index contributed by atoms with van der Waals surface area (Å²) in [7, 11) is 8.10. The van der Waals surface area contributed by atoms with Crippen LogP contribution < -0.4 is 0 Å². The van der Waals surface area contributed by atoms with Crippen LogP contribution in [0.25, 0.3) is 0 Å². The van der Waals surface area contributed by atoms with Crippen molar-refractivity contribution in [2.75, 3.05) is 28.2 Å². The smallest absolute Gasteiger partial charge is 0.153 e. The molecule has 2 heteroatoms. The molecule has 2 nitrogen and oxygen atoms in total. The van der Waals surface area contributed by atoms with E-state index >= 15 is 0 Å². The van der Waals surface area contributed by atoms with E-state index < -0.39 is 0 Å². The summed E-state index contributed by atoms with van der Waals surface area (Å²) in [5, 5.41) is 0. The lowest BCUT2D eigenvalue weighted by molar-refractivity contribution is -0.860. The maximum absolute atomic E-state index is 5.34. The zero-order valence-electron chi connectivity index (χ0n) is 7.55. The third kappa shape index (κ3) is 2.02. The molecule has 58 valence electrons. The van der Waals surface area contributed by atoms with Gasteiger partial charge in [0.25, 0.3) is 0 Å². The van der Waals surface area contributed by atoms with E-state index in [0.717, 1.165) is 0 Å². The Balaban J connectivity index is 4.22. The highest BCUT2D eigenvalue weighted by atomic mass is 15.4. The van der Waals surface area contributed by atoms with Gasteiger partial charge < -0.3 is 0 Å². The van der Waals surface area contributed by atoms with Crippen LogP contribution in [0.3, 0.4) is 0 Å². The van der Waals surface area contributed by atoms with Crippen molar-refractivity contribution in [1.29, 1.82) is 0 Å². The predicted molar refractivity (Wildman–Crippen MR) is 44.1 cm³/mol. The number of rotatable bonds is 2. The van der Waals surface area contributed by atoms with Gasteiger partial charge in [-0.15, -0.1) is 0 Å². The zero-order chi connectivity index (χ0) is 8.36. The molecule has 0 aliphatic rings. The second kappa shape index (κ2) is 3.05. The van der Waals surface area contributed by atoms with Crippen molar-refractivity contribution in [3.05, 3.63) is 0 Å². The summed E-state index contributed by atoms with van der Waals surface area (Å²) in [6.45, 7) is 2.11. The lowest BCUT2D eigenvalue weighted by Crippen LogP contribution is -2.50. The Hall–Kier alpha value is -0.520. The number of hydrogen-bond donors (Lipinski definition) is 0. The topological polar surface area (TPSA) is 3.24 Å². The van der Waals surface area contributed by atoms with Crippen LogP contribution in [0, 0.1) is 12.5 Å². The summed E-state index contributed by atoms with van der Waals surface area (Å²) in [5.74, 6) is 0. The van der Waals surface area contributed by atoms with Gasteiger partial charge in [0.15, 0.2) is 6.17 Å². The van der Waals surface area contributed by atoms with Gasteiger partial charge in [-0.05, 0) is 14.1 Å². The minimum atomic E-state index is 0.366. The standard InChI is InChI=1S/C8H17N2/c1-7-10(5,6)8(2)9(3)4/h1,8H,2-6H3/q+1. The van der Waals surface area contributed by atoms with E-state index in [9.17, 15) is 0 Å². The molecule has 0 amide bonds. The maximum atomic E-state index is 5.34. The summed E-state index contributed by atoms with van der Waals surface area (Å²) in [4.78, 5) is 2.11. The molecule has 0 aromatic carbocycles. The van der Waals surface area contributed by atoms with Gasteiger partial charge in [0.2, 0.25) is 0 Å². The average molecular weight is 141 g/mol. The molecule has 0 rings (SSSR count). The van der Waals surface area contributed by atoms with Crippen LogP contribution in [-0.2, 0) is 0 Å². The van der Waals surface area contributed by atoms with Gasteiger partial charge in [0.05, 0.1) is 14.1 Å². The zero-order valence-corrected chi connectivity index (χ0v) is 7.55. The lowest BCUT2D eigenvalue weighted by Gasteiger charge is -2.32. The minimum absolute atomic E-state index is 0.366. The van der Waals surface area contributed by atoms with Crippen molar-refractivity contribution in [3.8, 4) is 12.5 Å². The molecule has 0 saturated carbocycles. The first-order valence-electron chi connectivity index (χ1n) is 3.39. The summed E-state index contributed by atoms with van der Waals surface area (Å²) in [6, 6.07) is 2.72. The van der Waals surface area contributed by atoms with Gasteiger partial charge in [-0.3, -0.25) is 4.90 Å². The quantitative estimate of drug-likeness (QED) is 0.308. The fourth-order valence-electron chi connectivity index (χ4n) is 0.685. The third-order valence-electron chi connectivity index (χ3n) is 2.01. The Bertz CT molecular complexity index is 142. The maximum Gasteiger partial charge on any atom is 0.153 e. The van der Waals surface area contributed by atoms with E-state index in [1.165, 1.54) is 0 Å². The van der Waals surface area contributed by atoms with Crippen LogP contribution in [0.2, 0.25) is 0 Å². The Morgan fingerprint density at radius 2 is 1.80 bits per heavy atom. The van der Waals surface area contributed by atoms with Crippen LogP contribution in [0.1, 0.15) is 6.92 Å². The normalized spacial score (nSPS) is 14.9. The molecular weight excluding hydrogens is 124 g/mol. The fourth-order valence-corrected chi connectivity index (χ4v) is 0.685. The van der Waals surface area contributed by atoms with Crippen LogP contribution in [0.4, 0.5) is 0 Å². The van der Waals surface area contributed by atoms with Crippen molar-refractivity contribution in [1.82, 2.24) is 4.90 Å². The van der Waals surface area contributed by atoms with Crippen molar-refractivity contribution < 1.29 is 4.48 Å². The number of quaternary nitrogens is 1. The number of nitrogens with zero attached hydrogens (tertiary/aromatic N) is 2. The van der Waals surface area contributed by atoms with Gasteiger partial charge >= 0.3 is 0 Å². The third-order valence-corrected chi connectivity index (χ3v) is 2.01. The Labute approximate surface area is 64.0 Å². The first-order valence-corrected chi connectivity index (χ1v) is 3.39. The van der Waals surface area contributed by atoms with Gasteiger partial charge in [0, 0.05) is 6.92 Å². The molecule has 0 aliphatic heterocycles. The first-order chi connectivity index (χ1) is 4.41. The molecule has 1 unspecified atom stereocenters. The highest BCUT2D eigenvalue weighted by molar-refractivity contribution is 4.71. The molecule has 0 aliphatic carbocycles.